The standard InChI is InChI=1S/C20H19ClN2O.ClH/c21-19-11-17(12-23-14-18-7-4-10-22-13-18)8-9-20(19)24-15-16-5-2-1-3-6-16;/h1-11,13,23H,12,14-15H2;1H. The van der Waals surface area contributed by atoms with Gasteiger partial charge in [0.1, 0.15) is 12.4 Å². The summed E-state index contributed by atoms with van der Waals surface area (Å²) >= 11 is 6.33. The zero-order valence-corrected chi connectivity index (χ0v) is 15.3. The van der Waals surface area contributed by atoms with Crippen molar-refractivity contribution >= 4 is 24.0 Å². The number of halogens is 2. The van der Waals surface area contributed by atoms with Crippen molar-refractivity contribution in [2.24, 2.45) is 0 Å². The van der Waals surface area contributed by atoms with Gasteiger partial charge in [-0.2, -0.15) is 0 Å². The van der Waals surface area contributed by atoms with Gasteiger partial charge in [-0.1, -0.05) is 54.1 Å². The van der Waals surface area contributed by atoms with Gasteiger partial charge in [-0.05, 0) is 34.9 Å². The van der Waals surface area contributed by atoms with E-state index < -0.39 is 0 Å². The number of ether oxygens (including phenoxy) is 1. The fourth-order valence-electron chi connectivity index (χ4n) is 2.36. The first kappa shape index (κ1) is 19.3. The Morgan fingerprint density at radius 1 is 0.880 bits per heavy atom. The molecule has 0 spiro atoms. The van der Waals surface area contributed by atoms with Gasteiger partial charge in [-0.3, -0.25) is 4.98 Å². The molecule has 0 unspecified atom stereocenters. The van der Waals surface area contributed by atoms with Crippen LogP contribution in [0.2, 0.25) is 5.02 Å². The average molecular weight is 375 g/mol. The summed E-state index contributed by atoms with van der Waals surface area (Å²) in [6, 6.07) is 19.9. The molecule has 2 aromatic carbocycles. The topological polar surface area (TPSA) is 34.2 Å². The molecular weight excluding hydrogens is 355 g/mol. The average Bonchev–Trinajstić information content (AvgIpc) is 2.63. The van der Waals surface area contributed by atoms with E-state index in [1.165, 1.54) is 0 Å². The van der Waals surface area contributed by atoms with Gasteiger partial charge in [0.05, 0.1) is 5.02 Å². The lowest BCUT2D eigenvalue weighted by Crippen LogP contribution is -2.12. The normalized spacial score (nSPS) is 10.1. The number of hydrogen-bond donors (Lipinski definition) is 1. The third-order valence-electron chi connectivity index (χ3n) is 3.61. The highest BCUT2D eigenvalue weighted by molar-refractivity contribution is 6.32. The number of rotatable bonds is 7. The Labute approximate surface area is 159 Å². The molecule has 0 aliphatic carbocycles. The van der Waals surface area contributed by atoms with E-state index >= 15 is 0 Å². The Morgan fingerprint density at radius 3 is 2.36 bits per heavy atom. The largest absolute Gasteiger partial charge is 0.487 e. The van der Waals surface area contributed by atoms with Gasteiger partial charge >= 0.3 is 0 Å². The highest BCUT2D eigenvalue weighted by atomic mass is 35.5. The van der Waals surface area contributed by atoms with E-state index in [2.05, 4.69) is 10.3 Å². The highest BCUT2D eigenvalue weighted by Gasteiger charge is 2.04. The molecule has 3 rings (SSSR count). The number of hydrogen-bond acceptors (Lipinski definition) is 3. The molecule has 0 bridgehead atoms. The van der Waals surface area contributed by atoms with E-state index in [4.69, 9.17) is 16.3 Å². The fraction of sp³-hybridized carbons (Fsp3) is 0.150. The van der Waals surface area contributed by atoms with E-state index in [0.717, 1.165) is 29.8 Å². The summed E-state index contributed by atoms with van der Waals surface area (Å²) < 4.78 is 5.79. The van der Waals surface area contributed by atoms with Crippen molar-refractivity contribution in [1.82, 2.24) is 10.3 Å². The molecule has 0 amide bonds. The Balaban J connectivity index is 0.00000225. The maximum atomic E-state index is 6.33. The molecule has 25 heavy (non-hydrogen) atoms. The number of aromatic nitrogens is 1. The lowest BCUT2D eigenvalue weighted by atomic mass is 10.2. The lowest BCUT2D eigenvalue weighted by Gasteiger charge is -2.10. The van der Waals surface area contributed by atoms with Crippen molar-refractivity contribution in [2.75, 3.05) is 0 Å². The second kappa shape index (κ2) is 10.0. The summed E-state index contributed by atoms with van der Waals surface area (Å²) in [4.78, 5) is 4.10. The molecule has 1 heterocycles. The van der Waals surface area contributed by atoms with Gasteiger partial charge < -0.3 is 10.1 Å². The molecule has 0 aliphatic heterocycles. The van der Waals surface area contributed by atoms with Crippen LogP contribution < -0.4 is 10.1 Å². The van der Waals surface area contributed by atoms with Crippen LogP contribution in [-0.4, -0.2) is 4.98 Å². The van der Waals surface area contributed by atoms with Crippen molar-refractivity contribution in [2.45, 2.75) is 19.7 Å². The predicted octanol–water partition coefficient (Wildman–Crippen LogP) is 5.03. The minimum Gasteiger partial charge on any atom is -0.487 e. The van der Waals surface area contributed by atoms with Gasteiger partial charge in [-0.15, -0.1) is 12.4 Å². The van der Waals surface area contributed by atoms with Gasteiger partial charge in [0.25, 0.3) is 0 Å². The predicted molar refractivity (Wildman–Crippen MR) is 104 cm³/mol. The number of nitrogens with one attached hydrogen (secondary N) is 1. The summed E-state index contributed by atoms with van der Waals surface area (Å²) in [5.74, 6) is 0.705. The summed E-state index contributed by atoms with van der Waals surface area (Å²) in [5.41, 5.74) is 3.40. The summed E-state index contributed by atoms with van der Waals surface area (Å²) in [7, 11) is 0. The first-order valence-electron chi connectivity index (χ1n) is 7.86. The number of benzene rings is 2. The van der Waals surface area contributed by atoms with Crippen LogP contribution in [0.5, 0.6) is 5.75 Å². The van der Waals surface area contributed by atoms with Gasteiger partial charge in [0.15, 0.2) is 0 Å². The van der Waals surface area contributed by atoms with Crippen LogP contribution in [0.15, 0.2) is 73.1 Å². The molecule has 1 N–H and O–H groups in total. The molecule has 0 saturated heterocycles. The first-order chi connectivity index (χ1) is 11.8. The molecule has 3 nitrogen and oxygen atoms in total. The van der Waals surface area contributed by atoms with Crippen LogP contribution in [0, 0.1) is 0 Å². The third-order valence-corrected chi connectivity index (χ3v) is 3.91. The maximum Gasteiger partial charge on any atom is 0.138 e. The van der Waals surface area contributed by atoms with E-state index in [1.807, 2.05) is 66.9 Å². The molecule has 3 aromatic rings. The third kappa shape index (κ3) is 6.05. The van der Waals surface area contributed by atoms with E-state index in [1.54, 1.807) is 6.20 Å². The SMILES string of the molecule is Cl.Clc1cc(CNCc2cccnc2)ccc1OCc1ccccc1. The fourth-order valence-corrected chi connectivity index (χ4v) is 2.62. The zero-order valence-electron chi connectivity index (χ0n) is 13.7. The van der Waals surface area contributed by atoms with Gasteiger partial charge in [0, 0.05) is 25.5 Å². The van der Waals surface area contributed by atoms with Crippen molar-refractivity contribution in [3.8, 4) is 5.75 Å². The number of pyridine rings is 1. The summed E-state index contributed by atoms with van der Waals surface area (Å²) in [5, 5.41) is 4.01. The van der Waals surface area contributed by atoms with Crippen LogP contribution in [0.1, 0.15) is 16.7 Å². The first-order valence-corrected chi connectivity index (χ1v) is 8.24. The zero-order chi connectivity index (χ0) is 16.6. The van der Waals surface area contributed by atoms with Gasteiger partial charge in [-0.25, -0.2) is 0 Å². The molecular formula is C20H20Cl2N2O. The molecule has 5 heteroatoms. The molecule has 0 saturated carbocycles. The summed E-state index contributed by atoms with van der Waals surface area (Å²) in [6.07, 6.45) is 3.64. The van der Waals surface area contributed by atoms with Gasteiger partial charge in [0.2, 0.25) is 0 Å². The minimum atomic E-state index is 0. The van der Waals surface area contributed by atoms with Crippen LogP contribution in [0.3, 0.4) is 0 Å². The maximum absolute atomic E-state index is 6.33. The van der Waals surface area contributed by atoms with E-state index in [9.17, 15) is 0 Å². The molecule has 0 atom stereocenters. The highest BCUT2D eigenvalue weighted by Crippen LogP contribution is 2.26. The molecule has 130 valence electrons. The van der Waals surface area contributed by atoms with Crippen molar-refractivity contribution in [3.63, 3.8) is 0 Å². The Bertz CT molecular complexity index is 767. The molecule has 1 aromatic heterocycles. The lowest BCUT2D eigenvalue weighted by molar-refractivity contribution is 0.306. The van der Waals surface area contributed by atoms with Crippen LogP contribution in [-0.2, 0) is 19.7 Å². The van der Waals surface area contributed by atoms with Crippen molar-refractivity contribution < 1.29 is 4.74 Å². The van der Waals surface area contributed by atoms with Crippen molar-refractivity contribution in [3.05, 3.63) is 94.8 Å². The molecule has 0 radical (unpaired) electrons. The Hall–Kier alpha value is -2.07. The molecule has 0 fully saturated rings. The summed E-state index contributed by atoms with van der Waals surface area (Å²) in [6.45, 7) is 2.03. The van der Waals surface area contributed by atoms with Crippen LogP contribution in [0.4, 0.5) is 0 Å². The monoisotopic (exact) mass is 374 g/mol. The Morgan fingerprint density at radius 2 is 1.64 bits per heavy atom. The van der Waals surface area contributed by atoms with Crippen LogP contribution >= 0.6 is 24.0 Å². The Kier molecular flexibility index (Phi) is 7.74. The second-order valence-electron chi connectivity index (χ2n) is 5.50. The van der Waals surface area contributed by atoms with Crippen LogP contribution in [0.25, 0.3) is 0 Å². The minimum absolute atomic E-state index is 0. The van der Waals surface area contributed by atoms with E-state index in [0.29, 0.717) is 17.4 Å². The second-order valence-corrected chi connectivity index (χ2v) is 5.91. The van der Waals surface area contributed by atoms with Crippen molar-refractivity contribution in [1.29, 1.82) is 0 Å². The number of nitrogens with zero attached hydrogens (tertiary/aromatic N) is 1. The smallest absolute Gasteiger partial charge is 0.138 e. The quantitative estimate of drug-likeness (QED) is 0.629. The molecule has 0 aliphatic rings. The van der Waals surface area contributed by atoms with E-state index in [-0.39, 0.29) is 12.4 Å².